The van der Waals surface area contributed by atoms with E-state index in [0.717, 1.165) is 6.42 Å². The molecular weight excluding hydrogens is 140 g/mol. The van der Waals surface area contributed by atoms with Gasteiger partial charge in [0.1, 0.15) is 0 Å². The molecule has 11 heavy (non-hydrogen) atoms. The van der Waals surface area contributed by atoms with Gasteiger partial charge in [-0.3, -0.25) is 4.79 Å². The second-order valence-corrected chi connectivity index (χ2v) is 2.81. The van der Waals surface area contributed by atoms with Crippen molar-refractivity contribution < 1.29 is 4.79 Å². The molecule has 0 saturated carbocycles. The standard InChI is InChI=1S/C8H18N2O/c1-4-6(3)7(9)8(11)10-5-2/h6-7H,4-5,9H2,1-3H3,(H,10,11)/t6-,7+/m1/s1. The number of carbonyl (C=O) groups is 1. The van der Waals surface area contributed by atoms with E-state index < -0.39 is 0 Å². The molecule has 3 N–H and O–H groups in total. The minimum absolute atomic E-state index is 0.0400. The zero-order chi connectivity index (χ0) is 8.85. The number of nitrogens with two attached hydrogens (primary N) is 1. The fraction of sp³-hybridized carbons (Fsp3) is 0.875. The van der Waals surface area contributed by atoms with Crippen LogP contribution < -0.4 is 11.1 Å². The van der Waals surface area contributed by atoms with Gasteiger partial charge in [0, 0.05) is 6.54 Å². The summed E-state index contributed by atoms with van der Waals surface area (Å²) in [5.41, 5.74) is 5.65. The lowest BCUT2D eigenvalue weighted by Crippen LogP contribution is -2.44. The van der Waals surface area contributed by atoms with Gasteiger partial charge >= 0.3 is 0 Å². The van der Waals surface area contributed by atoms with Crippen LogP contribution in [0.5, 0.6) is 0 Å². The third-order valence-electron chi connectivity index (χ3n) is 1.91. The molecule has 0 spiro atoms. The van der Waals surface area contributed by atoms with Crippen LogP contribution >= 0.6 is 0 Å². The van der Waals surface area contributed by atoms with Crippen LogP contribution in [0.15, 0.2) is 0 Å². The summed E-state index contributed by atoms with van der Waals surface area (Å²) in [6, 6.07) is -0.347. The molecule has 0 aliphatic rings. The fourth-order valence-corrected chi connectivity index (χ4v) is 0.804. The van der Waals surface area contributed by atoms with Crippen molar-refractivity contribution >= 4 is 5.91 Å². The Labute approximate surface area is 68.3 Å². The molecular formula is C8H18N2O. The molecule has 0 aromatic carbocycles. The maximum Gasteiger partial charge on any atom is 0.237 e. The van der Waals surface area contributed by atoms with Crippen molar-refractivity contribution in [1.29, 1.82) is 0 Å². The van der Waals surface area contributed by atoms with E-state index in [2.05, 4.69) is 5.32 Å². The highest BCUT2D eigenvalue weighted by molar-refractivity contribution is 5.81. The van der Waals surface area contributed by atoms with Crippen molar-refractivity contribution in [1.82, 2.24) is 5.32 Å². The summed E-state index contributed by atoms with van der Waals surface area (Å²) in [6.07, 6.45) is 0.943. The van der Waals surface area contributed by atoms with Gasteiger partial charge in [-0.25, -0.2) is 0 Å². The Morgan fingerprint density at radius 2 is 2.09 bits per heavy atom. The molecule has 0 aromatic heterocycles. The molecule has 0 aliphatic carbocycles. The molecule has 3 heteroatoms. The summed E-state index contributed by atoms with van der Waals surface area (Å²) in [6.45, 7) is 6.56. The summed E-state index contributed by atoms with van der Waals surface area (Å²) in [5, 5.41) is 2.70. The van der Waals surface area contributed by atoms with E-state index in [1.54, 1.807) is 0 Å². The Hall–Kier alpha value is -0.570. The molecule has 3 nitrogen and oxygen atoms in total. The number of rotatable bonds is 4. The SMILES string of the molecule is CCNC(=O)[C@@H](N)[C@H](C)CC. The van der Waals surface area contributed by atoms with Gasteiger partial charge in [0.25, 0.3) is 0 Å². The van der Waals surface area contributed by atoms with Crippen LogP contribution in [0.3, 0.4) is 0 Å². The highest BCUT2D eigenvalue weighted by atomic mass is 16.2. The molecule has 0 unspecified atom stereocenters. The van der Waals surface area contributed by atoms with Gasteiger partial charge in [-0.15, -0.1) is 0 Å². The molecule has 2 atom stereocenters. The lowest BCUT2D eigenvalue weighted by Gasteiger charge is -2.16. The van der Waals surface area contributed by atoms with Gasteiger partial charge in [0.15, 0.2) is 0 Å². The van der Waals surface area contributed by atoms with Crippen molar-refractivity contribution in [2.75, 3.05) is 6.54 Å². The monoisotopic (exact) mass is 158 g/mol. The first kappa shape index (κ1) is 10.4. The third-order valence-corrected chi connectivity index (χ3v) is 1.91. The van der Waals surface area contributed by atoms with Crippen LogP contribution in [0.1, 0.15) is 27.2 Å². The molecule has 0 saturated heterocycles. The highest BCUT2D eigenvalue weighted by Crippen LogP contribution is 2.04. The quantitative estimate of drug-likeness (QED) is 0.626. The summed E-state index contributed by atoms with van der Waals surface area (Å²) in [7, 11) is 0. The number of hydrogen-bond donors (Lipinski definition) is 2. The van der Waals surface area contributed by atoms with Crippen LogP contribution in [0.4, 0.5) is 0 Å². The first-order chi connectivity index (χ1) is 5.13. The minimum atomic E-state index is -0.347. The number of carbonyl (C=O) groups excluding carboxylic acids is 1. The van der Waals surface area contributed by atoms with E-state index >= 15 is 0 Å². The fourth-order valence-electron chi connectivity index (χ4n) is 0.804. The Morgan fingerprint density at radius 3 is 2.45 bits per heavy atom. The molecule has 0 rings (SSSR count). The zero-order valence-electron chi connectivity index (χ0n) is 7.55. The summed E-state index contributed by atoms with van der Waals surface area (Å²) < 4.78 is 0. The van der Waals surface area contributed by atoms with Crippen molar-refractivity contribution in [2.45, 2.75) is 33.2 Å². The molecule has 0 aromatic rings. The largest absolute Gasteiger partial charge is 0.355 e. The lowest BCUT2D eigenvalue weighted by atomic mass is 9.99. The van der Waals surface area contributed by atoms with E-state index in [0.29, 0.717) is 6.54 Å². The first-order valence-electron chi connectivity index (χ1n) is 4.16. The van der Waals surface area contributed by atoms with Gasteiger partial charge < -0.3 is 11.1 Å². The van der Waals surface area contributed by atoms with E-state index in [1.165, 1.54) is 0 Å². The first-order valence-corrected chi connectivity index (χ1v) is 4.16. The Morgan fingerprint density at radius 1 is 1.55 bits per heavy atom. The van der Waals surface area contributed by atoms with Gasteiger partial charge in [0.2, 0.25) is 5.91 Å². The molecule has 0 radical (unpaired) electrons. The van der Waals surface area contributed by atoms with Gasteiger partial charge in [-0.2, -0.15) is 0 Å². The molecule has 0 aliphatic heterocycles. The number of likely N-dealkylation sites (N-methyl/N-ethyl adjacent to an activating group) is 1. The highest BCUT2D eigenvalue weighted by Gasteiger charge is 2.17. The van der Waals surface area contributed by atoms with Crippen LogP contribution in [0.2, 0.25) is 0 Å². The predicted octanol–water partition coefficient (Wildman–Crippen LogP) is 0.496. The van der Waals surface area contributed by atoms with Crippen LogP contribution in [-0.4, -0.2) is 18.5 Å². The number of amides is 1. The summed E-state index contributed by atoms with van der Waals surface area (Å²) >= 11 is 0. The smallest absolute Gasteiger partial charge is 0.237 e. The average Bonchev–Trinajstić information content (AvgIpc) is 2.02. The normalized spacial score (nSPS) is 15.6. The predicted molar refractivity (Wildman–Crippen MR) is 46.1 cm³/mol. The Bertz CT molecular complexity index is 125. The minimum Gasteiger partial charge on any atom is -0.355 e. The van der Waals surface area contributed by atoms with Gasteiger partial charge in [-0.05, 0) is 12.8 Å². The van der Waals surface area contributed by atoms with Crippen LogP contribution in [-0.2, 0) is 4.79 Å². The van der Waals surface area contributed by atoms with E-state index in [9.17, 15) is 4.79 Å². The number of nitrogens with one attached hydrogen (secondary N) is 1. The number of hydrogen-bond acceptors (Lipinski definition) is 2. The Balaban J connectivity index is 3.80. The van der Waals surface area contributed by atoms with Crippen molar-refractivity contribution in [3.05, 3.63) is 0 Å². The summed E-state index contributed by atoms with van der Waals surface area (Å²) in [5.74, 6) is 0.225. The maximum atomic E-state index is 11.1. The van der Waals surface area contributed by atoms with Crippen LogP contribution in [0, 0.1) is 5.92 Å². The van der Waals surface area contributed by atoms with Crippen molar-refractivity contribution in [2.24, 2.45) is 11.7 Å². The average molecular weight is 158 g/mol. The lowest BCUT2D eigenvalue weighted by molar-refractivity contribution is -0.123. The maximum absolute atomic E-state index is 11.1. The van der Waals surface area contributed by atoms with E-state index in [4.69, 9.17) is 5.73 Å². The molecule has 0 fully saturated rings. The van der Waals surface area contributed by atoms with E-state index in [1.807, 2.05) is 20.8 Å². The molecule has 0 heterocycles. The van der Waals surface area contributed by atoms with E-state index in [-0.39, 0.29) is 17.9 Å². The van der Waals surface area contributed by atoms with Gasteiger partial charge in [-0.1, -0.05) is 20.3 Å². The Kier molecular flexibility index (Phi) is 4.86. The zero-order valence-corrected chi connectivity index (χ0v) is 7.55. The summed E-state index contributed by atoms with van der Waals surface area (Å²) in [4.78, 5) is 11.1. The van der Waals surface area contributed by atoms with Crippen molar-refractivity contribution in [3.8, 4) is 0 Å². The molecule has 1 amide bonds. The second-order valence-electron chi connectivity index (χ2n) is 2.81. The third kappa shape index (κ3) is 3.37. The van der Waals surface area contributed by atoms with Crippen LogP contribution in [0.25, 0.3) is 0 Å². The topological polar surface area (TPSA) is 55.1 Å². The van der Waals surface area contributed by atoms with Gasteiger partial charge in [0.05, 0.1) is 6.04 Å². The second kappa shape index (κ2) is 5.13. The molecule has 0 bridgehead atoms. The molecule has 66 valence electrons. The van der Waals surface area contributed by atoms with Crippen molar-refractivity contribution in [3.63, 3.8) is 0 Å².